The Morgan fingerprint density at radius 1 is 0.947 bits per heavy atom. The van der Waals surface area contributed by atoms with E-state index in [2.05, 4.69) is 31.8 Å². The van der Waals surface area contributed by atoms with Crippen molar-refractivity contribution in [3.05, 3.63) is 103 Å². The molecule has 0 aliphatic carbocycles. The number of hydrogen-bond acceptors (Lipinski definition) is 7. The lowest BCUT2D eigenvalue weighted by molar-refractivity contribution is 0.0325. The third kappa shape index (κ3) is 6.42. The summed E-state index contributed by atoms with van der Waals surface area (Å²) in [6, 6.07) is 17.4. The van der Waals surface area contributed by atoms with Gasteiger partial charge in [-0.15, -0.1) is 4.74 Å². The molecule has 0 unspecified atom stereocenters. The highest BCUT2D eigenvalue weighted by Gasteiger charge is 2.14. The number of aromatic nitrogens is 2. The molecule has 1 atom stereocenters. The number of aliphatic hydroxyl groups excluding tert-OH is 1. The van der Waals surface area contributed by atoms with Crippen molar-refractivity contribution in [1.29, 1.82) is 0 Å². The van der Waals surface area contributed by atoms with Crippen LogP contribution in [0.1, 0.15) is 27.8 Å². The molecule has 200 valence electrons. The second-order valence-corrected chi connectivity index (χ2v) is 9.22. The average Bonchev–Trinajstić information content (AvgIpc) is 3.19. The monoisotopic (exact) mass is 520 g/mol. The van der Waals surface area contributed by atoms with Gasteiger partial charge in [-0.25, -0.2) is 14.6 Å². The molecule has 0 aliphatic heterocycles. The summed E-state index contributed by atoms with van der Waals surface area (Å²) in [5.41, 5.74) is 6.83. The molecule has 0 aliphatic rings. The Hall–Kier alpha value is -4.08. The minimum Gasteiger partial charge on any atom is -0.491 e. The highest BCUT2D eigenvalue weighted by molar-refractivity contribution is 5.75. The van der Waals surface area contributed by atoms with Crippen molar-refractivity contribution in [2.24, 2.45) is 0 Å². The molecule has 0 radical (unpaired) electrons. The van der Waals surface area contributed by atoms with E-state index in [0.717, 1.165) is 43.7 Å². The van der Waals surface area contributed by atoms with E-state index in [1.807, 2.05) is 48.5 Å². The van der Waals surface area contributed by atoms with E-state index in [4.69, 9.17) is 18.7 Å². The summed E-state index contributed by atoms with van der Waals surface area (Å²) < 4.78 is 22.6. The fourth-order valence-electron chi connectivity index (χ4n) is 4.41. The first kappa shape index (κ1) is 27.0. The molecule has 0 bridgehead atoms. The van der Waals surface area contributed by atoms with Gasteiger partial charge in [-0.2, -0.15) is 0 Å². The van der Waals surface area contributed by atoms with Gasteiger partial charge in [0, 0.05) is 7.11 Å². The Morgan fingerprint density at radius 3 is 2.29 bits per heavy atom. The van der Waals surface area contributed by atoms with Crippen LogP contribution in [0, 0.1) is 20.8 Å². The zero-order valence-electron chi connectivity index (χ0n) is 21.9. The third-order valence-electron chi connectivity index (χ3n) is 6.30. The maximum absolute atomic E-state index is 11.6. The van der Waals surface area contributed by atoms with Gasteiger partial charge in [-0.3, -0.25) is 0 Å². The van der Waals surface area contributed by atoms with E-state index in [9.17, 15) is 14.7 Å². The van der Waals surface area contributed by atoms with Crippen molar-refractivity contribution in [3.8, 4) is 22.6 Å². The third-order valence-corrected chi connectivity index (χ3v) is 6.30. The number of aliphatic hydroxyl groups is 1. The van der Waals surface area contributed by atoms with E-state index >= 15 is 0 Å². The molecule has 0 saturated carbocycles. The van der Waals surface area contributed by atoms with Crippen LogP contribution in [0.2, 0.25) is 0 Å². The van der Waals surface area contributed by atoms with Crippen molar-refractivity contribution in [1.82, 2.24) is 9.72 Å². The lowest BCUT2D eigenvalue weighted by Crippen LogP contribution is -2.22. The second kappa shape index (κ2) is 12.0. The number of H-pyrrole nitrogens is 1. The van der Waals surface area contributed by atoms with Gasteiger partial charge < -0.3 is 23.8 Å². The van der Waals surface area contributed by atoms with Gasteiger partial charge in [-0.1, -0.05) is 30.3 Å². The SMILES string of the molecule is COC[C@@H](O)COc1cc(C)c(-c2cccc(COc3ccc(Cn4oc(=O)[nH]c4=O)cc3)c2C)c(C)c1. The smallest absolute Gasteiger partial charge is 0.440 e. The molecule has 9 nitrogen and oxygen atoms in total. The molecular weight excluding hydrogens is 488 g/mol. The first-order chi connectivity index (χ1) is 18.2. The number of nitrogens with zero attached hydrogens (tertiary/aromatic N) is 1. The van der Waals surface area contributed by atoms with Gasteiger partial charge in [0.1, 0.15) is 30.8 Å². The number of methoxy groups -OCH3 is 1. The van der Waals surface area contributed by atoms with E-state index in [1.54, 1.807) is 7.11 Å². The minimum atomic E-state index is -0.778. The van der Waals surface area contributed by atoms with Crippen molar-refractivity contribution < 1.29 is 23.8 Å². The van der Waals surface area contributed by atoms with Crippen LogP contribution in [0.4, 0.5) is 0 Å². The van der Waals surface area contributed by atoms with Crippen LogP contribution >= 0.6 is 0 Å². The van der Waals surface area contributed by atoms with E-state index in [1.165, 1.54) is 0 Å². The maximum atomic E-state index is 11.6. The van der Waals surface area contributed by atoms with Crippen LogP contribution in [-0.2, 0) is 17.9 Å². The molecule has 0 spiro atoms. The van der Waals surface area contributed by atoms with Gasteiger partial charge >= 0.3 is 11.4 Å². The number of aromatic amines is 1. The number of rotatable bonds is 11. The quantitative estimate of drug-likeness (QED) is 0.310. The van der Waals surface area contributed by atoms with E-state index in [0.29, 0.717) is 18.1 Å². The number of benzene rings is 3. The Kier molecular flexibility index (Phi) is 8.50. The molecule has 0 saturated heterocycles. The number of hydrogen-bond donors (Lipinski definition) is 2. The molecule has 4 rings (SSSR count). The molecule has 0 amide bonds. The number of aryl methyl sites for hydroxylation is 2. The summed E-state index contributed by atoms with van der Waals surface area (Å²) in [7, 11) is 1.54. The van der Waals surface area contributed by atoms with Crippen molar-refractivity contribution in [2.75, 3.05) is 20.3 Å². The molecule has 38 heavy (non-hydrogen) atoms. The average molecular weight is 521 g/mol. The van der Waals surface area contributed by atoms with Crippen molar-refractivity contribution >= 4 is 0 Å². The fraction of sp³-hybridized carbons (Fsp3) is 0.310. The largest absolute Gasteiger partial charge is 0.491 e. The Balaban J connectivity index is 1.45. The number of ether oxygens (including phenoxy) is 3. The molecule has 1 heterocycles. The van der Waals surface area contributed by atoms with Crippen LogP contribution in [0.3, 0.4) is 0 Å². The molecule has 9 heteroatoms. The van der Waals surface area contributed by atoms with Crippen molar-refractivity contribution in [2.45, 2.75) is 40.0 Å². The number of nitrogens with one attached hydrogen (secondary N) is 1. The summed E-state index contributed by atoms with van der Waals surface area (Å²) >= 11 is 0. The Labute approximate surface area is 220 Å². The van der Waals surface area contributed by atoms with Crippen LogP contribution in [0.25, 0.3) is 11.1 Å². The molecular formula is C29H32N2O7. The minimum absolute atomic E-state index is 0.148. The summed E-state index contributed by atoms with van der Waals surface area (Å²) in [6.45, 7) is 7.12. The normalized spacial score (nSPS) is 11.9. The predicted molar refractivity (Wildman–Crippen MR) is 143 cm³/mol. The van der Waals surface area contributed by atoms with Crippen LogP contribution in [0.15, 0.2) is 68.7 Å². The topological polar surface area (TPSA) is 116 Å². The van der Waals surface area contributed by atoms with Crippen molar-refractivity contribution in [3.63, 3.8) is 0 Å². The van der Waals surface area contributed by atoms with Crippen LogP contribution in [0.5, 0.6) is 11.5 Å². The molecule has 1 aromatic heterocycles. The fourth-order valence-corrected chi connectivity index (χ4v) is 4.41. The molecule has 0 fully saturated rings. The maximum Gasteiger partial charge on any atom is 0.440 e. The standard InChI is InChI=1S/C29H32N2O7/c1-18-12-25(37-17-23(32)16-35-4)13-19(2)27(18)26-7-5-6-22(20(26)3)15-36-24-10-8-21(9-11-24)14-31-28(33)30-29(34)38-31/h5-13,23,32H,14-17H2,1-4H3,(H,30,33,34)/t23-/m1/s1. The summed E-state index contributed by atoms with van der Waals surface area (Å²) in [6.07, 6.45) is -0.679. The van der Waals surface area contributed by atoms with Gasteiger partial charge in [-0.05, 0) is 84.0 Å². The summed E-state index contributed by atoms with van der Waals surface area (Å²) in [4.78, 5) is 24.9. The molecule has 4 aromatic rings. The van der Waals surface area contributed by atoms with E-state index in [-0.39, 0.29) is 19.8 Å². The Bertz CT molecular complexity index is 1480. The zero-order valence-corrected chi connectivity index (χ0v) is 21.9. The van der Waals surface area contributed by atoms with E-state index < -0.39 is 17.5 Å². The first-order valence-electron chi connectivity index (χ1n) is 12.3. The highest BCUT2D eigenvalue weighted by atomic mass is 16.5. The lowest BCUT2D eigenvalue weighted by Gasteiger charge is -2.18. The Morgan fingerprint density at radius 2 is 1.66 bits per heavy atom. The van der Waals surface area contributed by atoms with Gasteiger partial charge in [0.25, 0.3) is 0 Å². The second-order valence-electron chi connectivity index (χ2n) is 9.22. The summed E-state index contributed by atoms with van der Waals surface area (Å²) in [5, 5.41) is 9.88. The highest BCUT2D eigenvalue weighted by Crippen LogP contribution is 2.34. The van der Waals surface area contributed by atoms with Gasteiger partial charge in [0.15, 0.2) is 0 Å². The first-order valence-corrected chi connectivity index (χ1v) is 12.3. The predicted octanol–water partition coefficient (Wildman–Crippen LogP) is 3.74. The van der Waals surface area contributed by atoms with Gasteiger partial charge in [0.2, 0.25) is 0 Å². The molecule has 3 aromatic carbocycles. The molecule has 2 N–H and O–H groups in total. The summed E-state index contributed by atoms with van der Waals surface area (Å²) in [5.74, 6) is 0.619. The lowest BCUT2D eigenvalue weighted by atomic mass is 9.90. The van der Waals surface area contributed by atoms with Crippen LogP contribution < -0.4 is 20.9 Å². The zero-order chi connectivity index (χ0) is 27.2. The van der Waals surface area contributed by atoms with Crippen LogP contribution in [-0.4, -0.2) is 41.3 Å². The van der Waals surface area contributed by atoms with Gasteiger partial charge in [0.05, 0.1) is 13.2 Å².